The maximum Gasteiger partial charge on any atom is 0.411 e. The molecule has 3 aromatic carbocycles. The number of rotatable bonds is 9. The summed E-state index contributed by atoms with van der Waals surface area (Å²) in [5.74, 6) is -0.239. The maximum atomic E-state index is 13.6. The number of imide groups is 1. The Bertz CT molecular complexity index is 1920. The van der Waals surface area contributed by atoms with E-state index in [1.807, 2.05) is 6.92 Å². The summed E-state index contributed by atoms with van der Waals surface area (Å²) in [6.45, 7) is 1.89. The number of nitrogens with zero attached hydrogens (tertiary/aromatic N) is 3. The zero-order chi connectivity index (χ0) is 30.9. The fourth-order valence-corrected chi connectivity index (χ4v) is 6.33. The molecule has 0 aliphatic heterocycles. The molecule has 0 atom stereocenters. The van der Waals surface area contributed by atoms with Crippen LogP contribution in [0.2, 0.25) is 10.0 Å². The standard InChI is InChI=1S/C29H23Cl2N5O6S/c1-16-2-7-21(8-3-16)43(40,41)36-15-18(10-17-4-5-17)22-13-20(6-9-26(22)36)42-27-23(30)11-19(12-24(27)31)34-35-25(14-32)28(37)33-29(38)39/h2-3,6-9,11-13,15,17,34H,4-5,10H2,1H3,(H,33,37)(H,38,39). The van der Waals surface area contributed by atoms with Gasteiger partial charge < -0.3 is 9.84 Å². The van der Waals surface area contributed by atoms with Crippen molar-refractivity contribution in [3.63, 3.8) is 0 Å². The van der Waals surface area contributed by atoms with Gasteiger partial charge in [-0.1, -0.05) is 40.9 Å². The molecule has 43 heavy (non-hydrogen) atoms. The van der Waals surface area contributed by atoms with Crippen LogP contribution in [0.4, 0.5) is 10.5 Å². The topological polar surface area (TPSA) is 163 Å². The first-order chi connectivity index (χ1) is 20.5. The van der Waals surface area contributed by atoms with E-state index < -0.39 is 27.7 Å². The first-order valence-corrected chi connectivity index (χ1v) is 15.1. The Morgan fingerprint density at radius 1 is 1.12 bits per heavy atom. The molecule has 0 spiro atoms. The summed E-state index contributed by atoms with van der Waals surface area (Å²) >= 11 is 12.9. The van der Waals surface area contributed by atoms with Crippen LogP contribution in [0.25, 0.3) is 10.9 Å². The van der Waals surface area contributed by atoms with Gasteiger partial charge in [0, 0.05) is 11.6 Å². The Labute approximate surface area is 256 Å². The average molecular weight is 641 g/mol. The predicted octanol–water partition coefficient (Wildman–Crippen LogP) is 6.32. The zero-order valence-corrected chi connectivity index (χ0v) is 24.8. The molecule has 5 rings (SSSR count). The number of carbonyl (C=O) groups excluding carboxylic acids is 1. The van der Waals surface area contributed by atoms with E-state index in [4.69, 9.17) is 38.3 Å². The average Bonchev–Trinajstić information content (AvgIpc) is 3.70. The third kappa shape index (κ3) is 6.59. The van der Waals surface area contributed by atoms with Gasteiger partial charge in [0.05, 0.1) is 26.1 Å². The molecule has 1 aliphatic rings. The van der Waals surface area contributed by atoms with Crippen molar-refractivity contribution in [3.8, 4) is 17.6 Å². The molecule has 0 unspecified atom stereocenters. The summed E-state index contributed by atoms with van der Waals surface area (Å²) in [5.41, 5.74) is 4.25. The summed E-state index contributed by atoms with van der Waals surface area (Å²) in [5, 5.41) is 23.7. The van der Waals surface area contributed by atoms with Crippen LogP contribution in [0, 0.1) is 24.2 Å². The Kier molecular flexibility index (Phi) is 8.32. The molecule has 0 saturated heterocycles. The van der Waals surface area contributed by atoms with E-state index in [0.29, 0.717) is 17.2 Å². The number of hydrogen-bond acceptors (Lipinski definition) is 8. The number of amides is 2. The molecule has 1 saturated carbocycles. The second-order valence-electron chi connectivity index (χ2n) is 9.91. The molecule has 1 fully saturated rings. The molecule has 1 heterocycles. The van der Waals surface area contributed by atoms with Gasteiger partial charge in [-0.3, -0.25) is 15.5 Å². The molecule has 14 heteroatoms. The number of halogens is 2. The molecule has 3 N–H and O–H groups in total. The van der Waals surface area contributed by atoms with Gasteiger partial charge in [0.2, 0.25) is 5.71 Å². The summed E-state index contributed by atoms with van der Waals surface area (Å²) in [6, 6.07) is 16.0. The predicted molar refractivity (Wildman–Crippen MR) is 162 cm³/mol. The summed E-state index contributed by atoms with van der Waals surface area (Å²) in [7, 11) is -3.85. The lowest BCUT2D eigenvalue weighted by Crippen LogP contribution is -2.34. The normalized spacial score (nSPS) is 13.4. The highest BCUT2D eigenvalue weighted by Gasteiger charge is 2.27. The number of hydrogen-bond donors (Lipinski definition) is 3. The second-order valence-corrected chi connectivity index (χ2v) is 12.5. The summed E-state index contributed by atoms with van der Waals surface area (Å²) in [6.07, 6.45) is 2.94. The number of aryl methyl sites for hydroxylation is 1. The lowest BCUT2D eigenvalue weighted by atomic mass is 10.1. The van der Waals surface area contributed by atoms with Crippen molar-refractivity contribution in [2.75, 3.05) is 5.43 Å². The van der Waals surface area contributed by atoms with Gasteiger partial charge in [-0.15, -0.1) is 0 Å². The molecular weight excluding hydrogens is 617 g/mol. The van der Waals surface area contributed by atoms with Crippen molar-refractivity contribution < 1.29 is 27.9 Å². The third-order valence-corrected chi connectivity index (χ3v) is 8.91. The lowest BCUT2D eigenvalue weighted by Gasteiger charge is -2.12. The first kappa shape index (κ1) is 29.9. The van der Waals surface area contributed by atoms with Gasteiger partial charge in [-0.25, -0.2) is 17.2 Å². The van der Waals surface area contributed by atoms with Crippen molar-refractivity contribution in [2.45, 2.75) is 31.1 Å². The number of anilines is 1. The van der Waals surface area contributed by atoms with Crippen LogP contribution >= 0.6 is 23.2 Å². The minimum atomic E-state index is -3.85. The Morgan fingerprint density at radius 2 is 1.79 bits per heavy atom. The smallest absolute Gasteiger partial charge is 0.411 e. The zero-order valence-electron chi connectivity index (χ0n) is 22.5. The first-order valence-electron chi connectivity index (χ1n) is 12.9. The van der Waals surface area contributed by atoms with Crippen LogP contribution in [-0.2, 0) is 21.2 Å². The SMILES string of the molecule is Cc1ccc(S(=O)(=O)n2cc(CC3CC3)c3cc(Oc4c(Cl)cc(NN=C(C#N)C(=O)NC(=O)O)cc4Cl)ccc32)cc1. The molecule has 2 amide bonds. The molecule has 220 valence electrons. The van der Waals surface area contributed by atoms with Gasteiger partial charge in [0.25, 0.3) is 15.9 Å². The van der Waals surface area contributed by atoms with Gasteiger partial charge in [-0.05, 0) is 80.1 Å². The van der Waals surface area contributed by atoms with E-state index in [-0.39, 0.29) is 26.4 Å². The summed E-state index contributed by atoms with van der Waals surface area (Å²) < 4.78 is 34.5. The number of fused-ring (bicyclic) bond motifs is 1. The van der Waals surface area contributed by atoms with E-state index in [0.717, 1.165) is 35.8 Å². The minimum absolute atomic E-state index is 0.0662. The van der Waals surface area contributed by atoms with Crippen molar-refractivity contribution >= 4 is 67.5 Å². The molecule has 1 aliphatic carbocycles. The summed E-state index contributed by atoms with van der Waals surface area (Å²) in [4.78, 5) is 22.6. The van der Waals surface area contributed by atoms with Crippen LogP contribution in [0.3, 0.4) is 0 Å². The van der Waals surface area contributed by atoms with Gasteiger partial charge in [-0.2, -0.15) is 10.4 Å². The number of benzene rings is 3. The van der Waals surface area contributed by atoms with Crippen molar-refractivity contribution in [2.24, 2.45) is 11.0 Å². The van der Waals surface area contributed by atoms with Crippen LogP contribution in [-0.4, -0.2) is 35.2 Å². The highest BCUT2D eigenvalue weighted by atomic mass is 35.5. The van der Waals surface area contributed by atoms with E-state index in [9.17, 15) is 18.0 Å². The fraction of sp³-hybridized carbons (Fsp3) is 0.172. The maximum absolute atomic E-state index is 13.6. The number of aromatic nitrogens is 1. The number of carbonyl (C=O) groups is 2. The van der Waals surface area contributed by atoms with Crippen LogP contribution < -0.4 is 15.5 Å². The third-order valence-electron chi connectivity index (χ3n) is 6.66. The van der Waals surface area contributed by atoms with E-state index >= 15 is 0 Å². The number of ether oxygens (including phenoxy) is 1. The Balaban J connectivity index is 1.45. The van der Waals surface area contributed by atoms with Crippen molar-refractivity contribution in [1.29, 1.82) is 5.26 Å². The molecule has 0 radical (unpaired) electrons. The number of hydrazone groups is 1. The highest BCUT2D eigenvalue weighted by molar-refractivity contribution is 7.90. The quantitative estimate of drug-likeness (QED) is 0.141. The van der Waals surface area contributed by atoms with Gasteiger partial charge >= 0.3 is 6.09 Å². The van der Waals surface area contributed by atoms with Gasteiger partial charge in [0.1, 0.15) is 11.8 Å². The Hall–Kier alpha value is -4.57. The number of nitriles is 1. The van der Waals surface area contributed by atoms with Crippen LogP contribution in [0.5, 0.6) is 11.5 Å². The lowest BCUT2D eigenvalue weighted by molar-refractivity contribution is -0.114. The Morgan fingerprint density at radius 3 is 2.40 bits per heavy atom. The minimum Gasteiger partial charge on any atom is -0.465 e. The monoisotopic (exact) mass is 639 g/mol. The number of nitrogens with one attached hydrogen (secondary N) is 2. The van der Waals surface area contributed by atoms with Crippen LogP contribution in [0.1, 0.15) is 24.0 Å². The van der Waals surface area contributed by atoms with E-state index in [1.165, 1.54) is 27.5 Å². The van der Waals surface area contributed by atoms with Crippen molar-refractivity contribution in [1.82, 2.24) is 9.29 Å². The van der Waals surface area contributed by atoms with E-state index in [2.05, 4.69) is 10.5 Å². The van der Waals surface area contributed by atoms with Crippen molar-refractivity contribution in [3.05, 3.63) is 82.0 Å². The molecule has 1 aromatic heterocycles. The van der Waals surface area contributed by atoms with Crippen LogP contribution in [0.15, 0.2) is 70.8 Å². The highest BCUT2D eigenvalue weighted by Crippen LogP contribution is 2.41. The fourth-order valence-electron chi connectivity index (χ4n) is 4.37. The molecule has 11 nitrogen and oxygen atoms in total. The second kappa shape index (κ2) is 12.0. The largest absolute Gasteiger partial charge is 0.465 e. The molecule has 0 bridgehead atoms. The molecular formula is C29H23Cl2N5O6S. The van der Waals surface area contributed by atoms with E-state index in [1.54, 1.807) is 48.7 Å². The van der Waals surface area contributed by atoms with Gasteiger partial charge in [0.15, 0.2) is 5.75 Å². The molecule has 4 aromatic rings. The number of carboxylic acid groups (broad SMARTS) is 1.